The van der Waals surface area contributed by atoms with Gasteiger partial charge in [0.2, 0.25) is 0 Å². The van der Waals surface area contributed by atoms with Crippen LogP contribution in [-0.4, -0.2) is 11.1 Å². The molecule has 1 aromatic rings. The van der Waals surface area contributed by atoms with E-state index in [2.05, 4.69) is 6.58 Å². The van der Waals surface area contributed by atoms with E-state index < -0.39 is 11.4 Å². The molecule has 0 amide bonds. The number of aryl methyl sites for hydroxylation is 1. The van der Waals surface area contributed by atoms with Crippen molar-refractivity contribution in [2.45, 2.75) is 24.7 Å². The third-order valence-corrected chi connectivity index (χ3v) is 3.26. The first-order chi connectivity index (χ1) is 7.20. The topological polar surface area (TPSA) is 37.3 Å². The number of carbonyl (C=O) groups is 1. The summed E-state index contributed by atoms with van der Waals surface area (Å²) >= 11 is 0. The molecule has 0 saturated carbocycles. The molecule has 2 nitrogen and oxygen atoms in total. The Labute approximate surface area is 89.2 Å². The highest BCUT2D eigenvalue weighted by molar-refractivity contribution is 5.83. The molecule has 0 spiro atoms. The van der Waals surface area contributed by atoms with Crippen molar-refractivity contribution in [1.82, 2.24) is 0 Å². The maximum atomic E-state index is 11.4. The Balaban J connectivity index is 2.53. The highest BCUT2D eigenvalue weighted by atomic mass is 16.4. The van der Waals surface area contributed by atoms with Gasteiger partial charge in [-0.05, 0) is 30.4 Å². The van der Waals surface area contributed by atoms with Crippen LogP contribution in [0, 0.1) is 0 Å². The van der Waals surface area contributed by atoms with Gasteiger partial charge in [0, 0.05) is 0 Å². The summed E-state index contributed by atoms with van der Waals surface area (Å²) in [5.74, 6) is -0.729. The average molecular weight is 202 g/mol. The molecule has 1 aromatic carbocycles. The molecule has 0 radical (unpaired) electrons. The van der Waals surface area contributed by atoms with Crippen LogP contribution in [0.1, 0.15) is 24.0 Å². The van der Waals surface area contributed by atoms with E-state index in [1.807, 2.05) is 24.3 Å². The maximum absolute atomic E-state index is 11.4. The Kier molecular flexibility index (Phi) is 2.35. The molecule has 78 valence electrons. The van der Waals surface area contributed by atoms with E-state index in [1.165, 1.54) is 5.56 Å². The smallest absolute Gasteiger partial charge is 0.314 e. The zero-order chi connectivity index (χ0) is 10.9. The van der Waals surface area contributed by atoms with Crippen LogP contribution in [0.2, 0.25) is 0 Å². The van der Waals surface area contributed by atoms with E-state index in [1.54, 1.807) is 6.08 Å². The summed E-state index contributed by atoms with van der Waals surface area (Å²) in [5.41, 5.74) is 1.41. The van der Waals surface area contributed by atoms with E-state index in [0.717, 1.165) is 12.0 Å². The van der Waals surface area contributed by atoms with Crippen molar-refractivity contribution in [2.75, 3.05) is 0 Å². The van der Waals surface area contributed by atoms with Crippen LogP contribution in [0.25, 0.3) is 0 Å². The molecule has 0 bridgehead atoms. The molecule has 1 unspecified atom stereocenters. The lowest BCUT2D eigenvalue weighted by molar-refractivity contribution is -0.143. The summed E-state index contributed by atoms with van der Waals surface area (Å²) in [6.45, 7) is 3.66. The molecule has 0 aliphatic heterocycles. The molecule has 15 heavy (non-hydrogen) atoms. The van der Waals surface area contributed by atoms with Gasteiger partial charge in [-0.3, -0.25) is 4.79 Å². The summed E-state index contributed by atoms with van der Waals surface area (Å²) in [4.78, 5) is 11.4. The minimum Gasteiger partial charge on any atom is -0.481 e. The normalized spacial score (nSPS) is 23.5. The van der Waals surface area contributed by atoms with Gasteiger partial charge in [-0.15, -0.1) is 6.58 Å². The van der Waals surface area contributed by atoms with Crippen molar-refractivity contribution < 1.29 is 9.90 Å². The van der Waals surface area contributed by atoms with Crippen molar-refractivity contribution in [3.63, 3.8) is 0 Å². The summed E-state index contributed by atoms with van der Waals surface area (Å²) in [5, 5.41) is 9.39. The van der Waals surface area contributed by atoms with E-state index in [9.17, 15) is 9.90 Å². The number of hydrogen-bond acceptors (Lipinski definition) is 1. The highest BCUT2D eigenvalue weighted by Crippen LogP contribution is 2.41. The van der Waals surface area contributed by atoms with Crippen LogP contribution in [0.3, 0.4) is 0 Å². The van der Waals surface area contributed by atoms with Crippen molar-refractivity contribution >= 4 is 5.97 Å². The molecule has 1 atom stereocenters. The van der Waals surface area contributed by atoms with Crippen molar-refractivity contribution in [3.05, 3.63) is 48.0 Å². The molecule has 1 aliphatic rings. The van der Waals surface area contributed by atoms with E-state index >= 15 is 0 Å². The minimum absolute atomic E-state index is 0.513. The number of carboxylic acid groups (broad SMARTS) is 1. The van der Waals surface area contributed by atoms with E-state index in [4.69, 9.17) is 0 Å². The fourth-order valence-electron chi connectivity index (χ4n) is 2.46. The molecule has 1 N–H and O–H groups in total. The van der Waals surface area contributed by atoms with Gasteiger partial charge in [-0.25, -0.2) is 0 Å². The number of allylic oxidation sites excluding steroid dienone is 1. The number of carboxylic acids is 1. The summed E-state index contributed by atoms with van der Waals surface area (Å²) in [6, 6.07) is 7.82. The maximum Gasteiger partial charge on any atom is 0.314 e. The third kappa shape index (κ3) is 1.37. The molecule has 0 fully saturated rings. The number of hydrogen-bond donors (Lipinski definition) is 1. The average Bonchev–Trinajstić information content (AvgIpc) is 2.60. The van der Waals surface area contributed by atoms with E-state index in [-0.39, 0.29) is 0 Å². The molecule has 1 aliphatic carbocycles. The van der Waals surface area contributed by atoms with Crippen LogP contribution in [0.15, 0.2) is 36.9 Å². The van der Waals surface area contributed by atoms with Crippen molar-refractivity contribution in [2.24, 2.45) is 0 Å². The number of rotatable bonds is 3. The third-order valence-electron chi connectivity index (χ3n) is 3.26. The van der Waals surface area contributed by atoms with Crippen LogP contribution >= 0.6 is 0 Å². The molecule has 0 heterocycles. The molecular formula is C13H14O2. The van der Waals surface area contributed by atoms with Gasteiger partial charge in [-0.2, -0.15) is 0 Å². The van der Waals surface area contributed by atoms with Gasteiger partial charge in [0.25, 0.3) is 0 Å². The van der Waals surface area contributed by atoms with Crippen LogP contribution < -0.4 is 0 Å². The van der Waals surface area contributed by atoms with Gasteiger partial charge in [0.1, 0.15) is 0 Å². The first kappa shape index (κ1) is 9.97. The van der Waals surface area contributed by atoms with Crippen LogP contribution in [0.4, 0.5) is 0 Å². The first-order valence-corrected chi connectivity index (χ1v) is 5.13. The van der Waals surface area contributed by atoms with Gasteiger partial charge in [0.15, 0.2) is 0 Å². The van der Waals surface area contributed by atoms with Gasteiger partial charge in [-0.1, -0.05) is 30.3 Å². The standard InChI is InChI=1S/C13H14O2/c1-2-8-13(12(14)15)9-7-10-5-3-4-6-11(10)13/h2-6H,1,7-9H2,(H,14,15). The lowest BCUT2D eigenvalue weighted by Gasteiger charge is -2.23. The fraction of sp³-hybridized carbons (Fsp3) is 0.308. The number of benzene rings is 1. The SMILES string of the molecule is C=CCC1(C(=O)O)CCc2ccccc21. The molecule has 2 heteroatoms. The fourth-order valence-corrected chi connectivity index (χ4v) is 2.46. The largest absolute Gasteiger partial charge is 0.481 e. The number of aliphatic carboxylic acids is 1. The second-order valence-corrected chi connectivity index (χ2v) is 4.04. The predicted octanol–water partition coefficient (Wildman–Crippen LogP) is 2.53. The van der Waals surface area contributed by atoms with Crippen LogP contribution in [-0.2, 0) is 16.6 Å². The summed E-state index contributed by atoms with van der Waals surface area (Å²) in [6.07, 6.45) is 3.76. The van der Waals surface area contributed by atoms with Gasteiger partial charge >= 0.3 is 5.97 Å². The quantitative estimate of drug-likeness (QED) is 0.765. The molecule has 2 rings (SSSR count). The molecular weight excluding hydrogens is 188 g/mol. The summed E-state index contributed by atoms with van der Waals surface area (Å²) in [7, 11) is 0. The lowest BCUT2D eigenvalue weighted by Crippen LogP contribution is -2.32. The van der Waals surface area contributed by atoms with Crippen molar-refractivity contribution in [1.29, 1.82) is 0 Å². The minimum atomic E-state index is -0.729. The predicted molar refractivity (Wildman–Crippen MR) is 58.9 cm³/mol. The molecule has 0 saturated heterocycles. The second kappa shape index (κ2) is 3.54. The Morgan fingerprint density at radius 3 is 2.93 bits per heavy atom. The summed E-state index contributed by atoms with van der Waals surface area (Å²) < 4.78 is 0. The number of fused-ring (bicyclic) bond motifs is 1. The zero-order valence-electron chi connectivity index (χ0n) is 8.57. The monoisotopic (exact) mass is 202 g/mol. The van der Waals surface area contributed by atoms with Crippen LogP contribution in [0.5, 0.6) is 0 Å². The Morgan fingerprint density at radius 2 is 2.27 bits per heavy atom. The van der Waals surface area contributed by atoms with E-state index in [0.29, 0.717) is 12.8 Å². The van der Waals surface area contributed by atoms with Gasteiger partial charge in [0.05, 0.1) is 5.41 Å². The zero-order valence-corrected chi connectivity index (χ0v) is 8.57. The van der Waals surface area contributed by atoms with Crippen molar-refractivity contribution in [3.8, 4) is 0 Å². The Bertz CT molecular complexity index is 409. The molecule has 0 aromatic heterocycles. The lowest BCUT2D eigenvalue weighted by atomic mass is 9.79. The van der Waals surface area contributed by atoms with Gasteiger partial charge < -0.3 is 5.11 Å². The first-order valence-electron chi connectivity index (χ1n) is 5.13. The second-order valence-electron chi connectivity index (χ2n) is 4.04. The Hall–Kier alpha value is -1.57. The highest BCUT2D eigenvalue weighted by Gasteiger charge is 2.44. The Morgan fingerprint density at radius 1 is 1.53 bits per heavy atom.